The van der Waals surface area contributed by atoms with Gasteiger partial charge in [0, 0.05) is 13.1 Å². The van der Waals surface area contributed by atoms with E-state index in [0.29, 0.717) is 25.9 Å². The molecule has 3 rings (SSSR count). The molecule has 1 aromatic carbocycles. The monoisotopic (exact) mass is 334 g/mol. The van der Waals surface area contributed by atoms with E-state index in [1.165, 1.54) is 18.6 Å². The van der Waals surface area contributed by atoms with Crippen molar-refractivity contribution in [2.24, 2.45) is 0 Å². The molecule has 0 aromatic heterocycles. The Morgan fingerprint density at radius 2 is 1.79 bits per heavy atom. The van der Waals surface area contributed by atoms with Gasteiger partial charge in [-0.3, -0.25) is 9.69 Å². The van der Waals surface area contributed by atoms with Crippen LogP contribution in [0.25, 0.3) is 0 Å². The van der Waals surface area contributed by atoms with E-state index in [2.05, 4.69) is 4.90 Å². The Morgan fingerprint density at radius 3 is 2.46 bits per heavy atom. The van der Waals surface area contributed by atoms with Gasteiger partial charge in [0.1, 0.15) is 5.82 Å². The summed E-state index contributed by atoms with van der Waals surface area (Å²) in [6.07, 6.45) is 5.38. The van der Waals surface area contributed by atoms with Gasteiger partial charge in [0.25, 0.3) is 0 Å². The maximum Gasteiger partial charge on any atom is 0.239 e. The number of halogens is 1. The first-order chi connectivity index (χ1) is 11.5. The Balaban J connectivity index is 1.63. The van der Waals surface area contributed by atoms with E-state index >= 15 is 0 Å². The predicted molar refractivity (Wildman–Crippen MR) is 91.0 cm³/mol. The van der Waals surface area contributed by atoms with Gasteiger partial charge in [-0.05, 0) is 57.0 Å². The Hall–Kier alpha value is -1.46. The van der Waals surface area contributed by atoms with Crippen LogP contribution in [0.4, 0.5) is 4.39 Å². The van der Waals surface area contributed by atoms with Gasteiger partial charge in [-0.25, -0.2) is 4.39 Å². The molecule has 2 heterocycles. The van der Waals surface area contributed by atoms with Crippen LogP contribution in [0, 0.1) is 5.82 Å². The molecule has 0 spiro atoms. The fraction of sp³-hybridized carbons (Fsp3) is 0.632. The van der Waals surface area contributed by atoms with Gasteiger partial charge in [0.2, 0.25) is 5.91 Å². The minimum absolute atomic E-state index is 0.0236. The smallest absolute Gasteiger partial charge is 0.239 e. The second-order valence-electron chi connectivity index (χ2n) is 7.21. The summed E-state index contributed by atoms with van der Waals surface area (Å²) >= 11 is 0. The first-order valence-electron chi connectivity index (χ1n) is 8.97. The topological polar surface area (TPSA) is 43.8 Å². The molecular formula is C19H27FN2O2. The number of likely N-dealkylation sites (N-methyl/N-ethyl adjacent to an activating group) is 1. The standard InChI is InChI=1S/C19H27FN2O2/c1-21-12-4-2-3-5-17(21)18(23)22-13-10-19(24,11-14-22)15-6-8-16(20)9-7-15/h6-9,17,24H,2-5,10-14H2,1H3. The van der Waals surface area contributed by atoms with Crippen molar-refractivity contribution in [3.63, 3.8) is 0 Å². The molecule has 4 nitrogen and oxygen atoms in total. The molecule has 5 heteroatoms. The highest BCUT2D eigenvalue weighted by Gasteiger charge is 2.37. The van der Waals surface area contributed by atoms with Gasteiger partial charge in [-0.2, -0.15) is 0 Å². The van der Waals surface area contributed by atoms with E-state index in [1.54, 1.807) is 12.1 Å². The highest BCUT2D eigenvalue weighted by molar-refractivity contribution is 5.82. The Labute approximate surface area is 143 Å². The molecule has 2 aliphatic rings. The summed E-state index contributed by atoms with van der Waals surface area (Å²) in [7, 11) is 2.03. The SMILES string of the molecule is CN1CCCCCC1C(=O)N1CCC(O)(c2ccc(F)cc2)CC1. The van der Waals surface area contributed by atoms with Crippen molar-refractivity contribution in [3.8, 4) is 0 Å². The number of aliphatic hydroxyl groups is 1. The molecule has 0 radical (unpaired) electrons. The highest BCUT2D eigenvalue weighted by Crippen LogP contribution is 2.33. The first kappa shape index (κ1) is 17.4. The molecule has 2 aliphatic heterocycles. The van der Waals surface area contributed by atoms with Crippen molar-refractivity contribution in [2.45, 2.75) is 50.2 Å². The summed E-state index contributed by atoms with van der Waals surface area (Å²) in [6.45, 7) is 2.08. The molecule has 0 saturated carbocycles. The molecule has 1 N–H and O–H groups in total. The lowest BCUT2D eigenvalue weighted by molar-refractivity contribution is -0.141. The number of likely N-dealkylation sites (tertiary alicyclic amines) is 2. The molecular weight excluding hydrogens is 307 g/mol. The molecule has 2 fully saturated rings. The summed E-state index contributed by atoms with van der Waals surface area (Å²) in [5.74, 6) is -0.105. The quantitative estimate of drug-likeness (QED) is 0.904. The Kier molecular flexibility index (Phi) is 5.21. The van der Waals surface area contributed by atoms with Gasteiger partial charge in [-0.15, -0.1) is 0 Å². The number of piperidine rings is 1. The van der Waals surface area contributed by atoms with E-state index in [-0.39, 0.29) is 17.8 Å². The van der Waals surface area contributed by atoms with E-state index in [0.717, 1.165) is 31.4 Å². The van der Waals surface area contributed by atoms with Crippen LogP contribution in [-0.2, 0) is 10.4 Å². The van der Waals surface area contributed by atoms with Gasteiger partial charge < -0.3 is 10.0 Å². The molecule has 24 heavy (non-hydrogen) atoms. The predicted octanol–water partition coefficient (Wildman–Crippen LogP) is 2.51. The molecule has 132 valence electrons. The van der Waals surface area contributed by atoms with Crippen molar-refractivity contribution in [1.29, 1.82) is 0 Å². The van der Waals surface area contributed by atoms with Gasteiger partial charge >= 0.3 is 0 Å². The van der Waals surface area contributed by atoms with Crippen LogP contribution < -0.4 is 0 Å². The van der Waals surface area contributed by atoms with Crippen molar-refractivity contribution in [2.75, 3.05) is 26.7 Å². The normalized spacial score (nSPS) is 25.3. The van der Waals surface area contributed by atoms with Crippen LogP contribution >= 0.6 is 0 Å². The lowest BCUT2D eigenvalue weighted by atomic mass is 9.84. The van der Waals surface area contributed by atoms with E-state index in [1.807, 2.05) is 11.9 Å². The fourth-order valence-corrected chi connectivity index (χ4v) is 3.92. The zero-order chi connectivity index (χ0) is 17.2. The van der Waals surface area contributed by atoms with Crippen molar-refractivity contribution in [1.82, 2.24) is 9.80 Å². The number of nitrogens with zero attached hydrogens (tertiary/aromatic N) is 2. The zero-order valence-electron chi connectivity index (χ0n) is 14.4. The summed E-state index contributed by atoms with van der Waals surface area (Å²) in [5.41, 5.74) is -0.220. The van der Waals surface area contributed by atoms with Crippen LogP contribution in [0.5, 0.6) is 0 Å². The van der Waals surface area contributed by atoms with Crippen LogP contribution in [0.2, 0.25) is 0 Å². The number of benzene rings is 1. The number of hydrogen-bond acceptors (Lipinski definition) is 3. The average Bonchev–Trinajstić information content (AvgIpc) is 2.80. The maximum absolute atomic E-state index is 13.1. The van der Waals surface area contributed by atoms with E-state index < -0.39 is 5.60 Å². The third kappa shape index (κ3) is 3.62. The van der Waals surface area contributed by atoms with Gasteiger partial charge in [0.05, 0.1) is 11.6 Å². The van der Waals surface area contributed by atoms with Crippen molar-refractivity contribution < 1.29 is 14.3 Å². The number of hydrogen-bond donors (Lipinski definition) is 1. The van der Waals surface area contributed by atoms with Crippen LogP contribution in [0.15, 0.2) is 24.3 Å². The summed E-state index contributed by atoms with van der Waals surface area (Å²) in [6, 6.07) is 6.03. The molecule has 1 amide bonds. The maximum atomic E-state index is 13.1. The number of carbonyl (C=O) groups is 1. The molecule has 1 atom stereocenters. The lowest BCUT2D eigenvalue weighted by Crippen LogP contribution is -2.52. The highest BCUT2D eigenvalue weighted by atomic mass is 19.1. The van der Waals surface area contributed by atoms with Crippen LogP contribution in [0.1, 0.15) is 44.1 Å². The zero-order valence-corrected chi connectivity index (χ0v) is 14.4. The average molecular weight is 334 g/mol. The third-order valence-electron chi connectivity index (χ3n) is 5.59. The second-order valence-corrected chi connectivity index (χ2v) is 7.21. The van der Waals surface area contributed by atoms with Crippen LogP contribution in [0.3, 0.4) is 0 Å². The Morgan fingerprint density at radius 1 is 1.12 bits per heavy atom. The number of rotatable bonds is 2. The molecule has 0 bridgehead atoms. The summed E-state index contributed by atoms with van der Waals surface area (Å²) in [5, 5.41) is 10.9. The number of amides is 1. The Bertz CT molecular complexity index is 567. The lowest BCUT2D eigenvalue weighted by Gasteiger charge is -2.40. The molecule has 2 saturated heterocycles. The van der Waals surface area contributed by atoms with Crippen molar-refractivity contribution >= 4 is 5.91 Å². The van der Waals surface area contributed by atoms with E-state index in [9.17, 15) is 14.3 Å². The molecule has 1 unspecified atom stereocenters. The van der Waals surface area contributed by atoms with Crippen LogP contribution in [-0.4, -0.2) is 53.5 Å². The van der Waals surface area contributed by atoms with Gasteiger partial charge in [-0.1, -0.05) is 25.0 Å². The molecule has 0 aliphatic carbocycles. The summed E-state index contributed by atoms with van der Waals surface area (Å²) in [4.78, 5) is 16.9. The fourth-order valence-electron chi connectivity index (χ4n) is 3.92. The first-order valence-corrected chi connectivity index (χ1v) is 8.97. The minimum Gasteiger partial charge on any atom is -0.385 e. The van der Waals surface area contributed by atoms with E-state index in [4.69, 9.17) is 0 Å². The largest absolute Gasteiger partial charge is 0.385 e. The third-order valence-corrected chi connectivity index (χ3v) is 5.59. The molecule has 1 aromatic rings. The minimum atomic E-state index is -0.958. The van der Waals surface area contributed by atoms with Crippen molar-refractivity contribution in [3.05, 3.63) is 35.6 Å². The summed E-state index contributed by atoms with van der Waals surface area (Å²) < 4.78 is 13.1. The number of carbonyl (C=O) groups excluding carboxylic acids is 1. The van der Waals surface area contributed by atoms with Gasteiger partial charge in [0.15, 0.2) is 0 Å². The second kappa shape index (κ2) is 7.19.